The Hall–Kier alpha value is -3.09. The number of methoxy groups -OCH3 is 1. The molecule has 0 radical (unpaired) electrons. The van der Waals surface area contributed by atoms with Crippen molar-refractivity contribution in [2.45, 2.75) is 61.3 Å². The van der Waals surface area contributed by atoms with Crippen LogP contribution in [0.2, 0.25) is 0 Å². The van der Waals surface area contributed by atoms with Gasteiger partial charge < -0.3 is 19.9 Å². The lowest BCUT2D eigenvalue weighted by Crippen LogP contribution is -2.81. The molecule has 2 aromatic rings. The summed E-state index contributed by atoms with van der Waals surface area (Å²) in [5.74, 6) is 2.14. The SMILES string of the molecule is COc1ccc2c3c1OC1[C@@]4(O)C=C[C@@]5(CC4NC(=O)/C=C/c4ccccc4)[C@@H](C2)N(CC2CC2)CC[C@]315. The second-order valence-electron chi connectivity index (χ2n) is 12.3. The number of carbonyl (C=O) groups is 1. The van der Waals surface area contributed by atoms with Crippen molar-refractivity contribution in [1.29, 1.82) is 0 Å². The summed E-state index contributed by atoms with van der Waals surface area (Å²) in [5, 5.41) is 15.6. The quantitative estimate of drug-likeness (QED) is 0.459. The Kier molecular flexibility index (Phi) is 4.65. The van der Waals surface area contributed by atoms with Crippen molar-refractivity contribution in [3.63, 3.8) is 0 Å². The van der Waals surface area contributed by atoms with E-state index in [1.165, 1.54) is 24.0 Å². The monoisotopic (exact) mass is 510 g/mol. The number of benzene rings is 2. The number of amides is 1. The van der Waals surface area contributed by atoms with E-state index in [0.717, 1.165) is 48.9 Å². The molecule has 1 saturated heterocycles. The van der Waals surface area contributed by atoms with Gasteiger partial charge in [0.05, 0.1) is 18.6 Å². The fourth-order valence-electron chi connectivity index (χ4n) is 8.75. The third kappa shape index (κ3) is 2.83. The molecular weight excluding hydrogens is 476 g/mol. The molecule has 2 spiro atoms. The van der Waals surface area contributed by atoms with E-state index in [4.69, 9.17) is 9.47 Å². The minimum atomic E-state index is -1.31. The number of fused-ring (bicyclic) bond motifs is 1. The van der Waals surface area contributed by atoms with E-state index in [9.17, 15) is 9.90 Å². The van der Waals surface area contributed by atoms with E-state index in [2.05, 4.69) is 22.4 Å². The summed E-state index contributed by atoms with van der Waals surface area (Å²) < 4.78 is 12.6. The largest absolute Gasteiger partial charge is 0.493 e. The van der Waals surface area contributed by atoms with E-state index < -0.39 is 17.7 Å². The number of nitrogens with zero attached hydrogens (tertiary/aromatic N) is 1. The number of aliphatic hydroxyl groups is 1. The molecule has 2 aromatic carbocycles. The number of carbonyl (C=O) groups excluding carboxylic acids is 1. The molecule has 6 nitrogen and oxygen atoms in total. The maximum absolute atomic E-state index is 13.2. The summed E-state index contributed by atoms with van der Waals surface area (Å²) in [4.78, 5) is 15.9. The molecular formula is C32H34N2O4. The van der Waals surface area contributed by atoms with Crippen LogP contribution in [0.25, 0.3) is 6.08 Å². The Bertz CT molecular complexity index is 1380. The average Bonchev–Trinajstić information content (AvgIpc) is 3.67. The molecule has 6 atom stereocenters. The third-order valence-electron chi connectivity index (χ3n) is 10.5. The number of hydrogen-bond acceptors (Lipinski definition) is 5. The zero-order valence-electron chi connectivity index (χ0n) is 21.7. The second kappa shape index (κ2) is 7.73. The molecule has 196 valence electrons. The second-order valence-corrected chi connectivity index (χ2v) is 12.3. The third-order valence-corrected chi connectivity index (χ3v) is 10.5. The maximum Gasteiger partial charge on any atom is 0.244 e. The summed E-state index contributed by atoms with van der Waals surface area (Å²) in [7, 11) is 1.69. The van der Waals surface area contributed by atoms with Crippen molar-refractivity contribution < 1.29 is 19.4 Å². The molecule has 1 amide bonds. The van der Waals surface area contributed by atoms with E-state index in [-0.39, 0.29) is 16.7 Å². The summed E-state index contributed by atoms with van der Waals surface area (Å²) in [6, 6.07) is 13.9. The number of nitrogens with one attached hydrogen (secondary N) is 1. The highest BCUT2D eigenvalue weighted by molar-refractivity contribution is 5.92. The molecule has 0 aromatic heterocycles. The van der Waals surface area contributed by atoms with Gasteiger partial charge in [-0.2, -0.15) is 0 Å². The van der Waals surface area contributed by atoms with Crippen LogP contribution in [0, 0.1) is 11.3 Å². The highest BCUT2D eigenvalue weighted by Crippen LogP contribution is 2.73. The number of piperidine rings is 1. The van der Waals surface area contributed by atoms with Crippen molar-refractivity contribution in [2.75, 3.05) is 20.2 Å². The maximum atomic E-state index is 13.2. The number of hydrogen-bond donors (Lipinski definition) is 2. The molecule has 7 aliphatic rings. The van der Waals surface area contributed by atoms with Crippen molar-refractivity contribution in [3.05, 3.63) is 77.4 Å². The molecule has 38 heavy (non-hydrogen) atoms. The lowest BCUT2D eigenvalue weighted by Gasteiger charge is -2.70. The Morgan fingerprint density at radius 1 is 1.21 bits per heavy atom. The summed E-state index contributed by atoms with van der Waals surface area (Å²) in [5.41, 5.74) is 1.70. The van der Waals surface area contributed by atoms with Crippen LogP contribution in [-0.4, -0.2) is 59.9 Å². The first-order valence-corrected chi connectivity index (χ1v) is 14.1. The van der Waals surface area contributed by atoms with Gasteiger partial charge in [-0.15, -0.1) is 0 Å². The fourth-order valence-corrected chi connectivity index (χ4v) is 8.75. The van der Waals surface area contributed by atoms with Gasteiger partial charge in [0.25, 0.3) is 0 Å². The molecule has 9 rings (SSSR count). The smallest absolute Gasteiger partial charge is 0.244 e. The molecule has 2 unspecified atom stereocenters. The molecule has 2 aliphatic heterocycles. The molecule has 2 saturated carbocycles. The average molecular weight is 511 g/mol. The van der Waals surface area contributed by atoms with Gasteiger partial charge in [-0.1, -0.05) is 48.6 Å². The molecule has 3 fully saturated rings. The Balaban J connectivity index is 1.22. The lowest BCUT2D eigenvalue weighted by molar-refractivity contribution is -0.193. The number of likely N-dealkylation sites (tertiary alicyclic amines) is 1. The summed E-state index contributed by atoms with van der Waals surface area (Å²) >= 11 is 0. The first kappa shape index (κ1) is 22.9. The number of rotatable bonds is 6. The summed E-state index contributed by atoms with van der Waals surface area (Å²) in [6.07, 6.45) is 12.5. The van der Waals surface area contributed by atoms with E-state index in [1.54, 1.807) is 13.2 Å². The minimum absolute atomic E-state index is 0.191. The van der Waals surface area contributed by atoms with Crippen molar-refractivity contribution in [2.24, 2.45) is 11.3 Å². The van der Waals surface area contributed by atoms with Crippen LogP contribution in [0.15, 0.2) is 60.7 Å². The van der Waals surface area contributed by atoms with Gasteiger partial charge >= 0.3 is 0 Å². The van der Waals surface area contributed by atoms with Gasteiger partial charge in [-0.3, -0.25) is 9.69 Å². The van der Waals surface area contributed by atoms with Gasteiger partial charge in [0.2, 0.25) is 5.91 Å². The molecule has 6 heteroatoms. The van der Waals surface area contributed by atoms with E-state index >= 15 is 0 Å². The Morgan fingerprint density at radius 2 is 2.05 bits per heavy atom. The van der Waals surface area contributed by atoms with Crippen LogP contribution in [0.3, 0.4) is 0 Å². The predicted molar refractivity (Wildman–Crippen MR) is 144 cm³/mol. The topological polar surface area (TPSA) is 71.0 Å². The Morgan fingerprint density at radius 3 is 2.84 bits per heavy atom. The normalized spacial score (nSPS) is 37.7. The van der Waals surface area contributed by atoms with E-state index in [1.807, 2.05) is 48.6 Å². The van der Waals surface area contributed by atoms with Gasteiger partial charge in [-0.05, 0) is 67.8 Å². The van der Waals surface area contributed by atoms with Crippen LogP contribution in [0.5, 0.6) is 11.5 Å². The zero-order chi connectivity index (χ0) is 25.7. The summed E-state index contributed by atoms with van der Waals surface area (Å²) in [6.45, 7) is 2.15. The van der Waals surface area contributed by atoms with Gasteiger partial charge in [0.1, 0.15) is 11.7 Å². The van der Waals surface area contributed by atoms with Crippen molar-refractivity contribution in [1.82, 2.24) is 10.2 Å². The van der Waals surface area contributed by atoms with Crippen LogP contribution >= 0.6 is 0 Å². The van der Waals surface area contributed by atoms with E-state index in [0.29, 0.717) is 12.5 Å². The highest BCUT2D eigenvalue weighted by Gasteiger charge is 2.79. The fraction of sp³-hybridized carbons (Fsp3) is 0.469. The standard InChI is InChI=1S/C32H34N2O4/c1-37-23-11-10-22-17-25-30-13-14-32(36,24(18-30)33-26(35)12-9-20-5-3-2-4-6-20)29-31(30,27(22)28(23)38-29)15-16-34(25)19-21-7-8-21/h2-6,9-14,21,24-25,29,36H,7-8,15-19H2,1H3,(H,33,35)/b12-9+/t24?,25-,29?,30-,31+,32-/m1/s1. The zero-order valence-corrected chi connectivity index (χ0v) is 21.7. The van der Waals surface area contributed by atoms with Crippen LogP contribution in [-0.2, 0) is 16.6 Å². The number of ether oxygens (including phenoxy) is 2. The first-order valence-electron chi connectivity index (χ1n) is 14.1. The molecule has 5 aliphatic carbocycles. The van der Waals surface area contributed by atoms with Crippen LogP contribution in [0.4, 0.5) is 0 Å². The molecule has 4 bridgehead atoms. The van der Waals surface area contributed by atoms with Gasteiger partial charge in [-0.25, -0.2) is 0 Å². The van der Waals surface area contributed by atoms with Gasteiger partial charge in [0.15, 0.2) is 11.5 Å². The Labute approximate surface area is 223 Å². The van der Waals surface area contributed by atoms with Crippen molar-refractivity contribution in [3.8, 4) is 11.5 Å². The van der Waals surface area contributed by atoms with Crippen LogP contribution in [0.1, 0.15) is 42.4 Å². The minimum Gasteiger partial charge on any atom is -0.493 e. The molecule has 2 N–H and O–H groups in total. The first-order chi connectivity index (χ1) is 18.5. The lowest BCUT2D eigenvalue weighted by atomic mass is 9.38. The van der Waals surface area contributed by atoms with Gasteiger partial charge in [0, 0.05) is 29.6 Å². The van der Waals surface area contributed by atoms with Crippen molar-refractivity contribution >= 4 is 12.0 Å². The highest BCUT2D eigenvalue weighted by atomic mass is 16.5. The predicted octanol–water partition coefficient (Wildman–Crippen LogP) is 3.62. The van der Waals surface area contributed by atoms with Crippen LogP contribution < -0.4 is 14.8 Å². The molecule has 2 heterocycles.